The maximum absolute atomic E-state index is 14.1. The summed E-state index contributed by atoms with van der Waals surface area (Å²) in [5.74, 6) is 0.475. The summed E-state index contributed by atoms with van der Waals surface area (Å²) in [6.45, 7) is 5.39. The number of sulfonamides is 1. The van der Waals surface area contributed by atoms with Crippen molar-refractivity contribution in [1.29, 1.82) is 0 Å². The van der Waals surface area contributed by atoms with Crippen molar-refractivity contribution in [2.24, 2.45) is 5.10 Å². The van der Waals surface area contributed by atoms with Gasteiger partial charge in [0.1, 0.15) is 18.0 Å². The lowest BCUT2D eigenvalue weighted by Crippen LogP contribution is -2.39. The first-order valence-electron chi connectivity index (χ1n) is 13.6. The van der Waals surface area contributed by atoms with E-state index in [0.717, 1.165) is 32.5 Å². The average Bonchev–Trinajstić information content (AvgIpc) is 3.31. The van der Waals surface area contributed by atoms with Crippen molar-refractivity contribution in [3.63, 3.8) is 0 Å². The van der Waals surface area contributed by atoms with E-state index in [1.54, 1.807) is 12.1 Å². The number of carbonyl (C=O) groups is 1. The van der Waals surface area contributed by atoms with Gasteiger partial charge in [-0.05, 0) is 62.7 Å². The van der Waals surface area contributed by atoms with Gasteiger partial charge in [-0.25, -0.2) is 13.8 Å². The van der Waals surface area contributed by atoms with Crippen LogP contribution < -0.4 is 28.7 Å². The number of amides is 1. The van der Waals surface area contributed by atoms with Gasteiger partial charge in [-0.3, -0.25) is 9.10 Å². The third-order valence-corrected chi connectivity index (χ3v) is 8.86. The molecule has 0 saturated heterocycles. The highest BCUT2D eigenvalue weighted by Crippen LogP contribution is 2.37. The number of ether oxygens (including phenoxy) is 4. The second kappa shape index (κ2) is 13.6. The van der Waals surface area contributed by atoms with Crippen LogP contribution in [0.15, 0.2) is 76.7 Å². The van der Waals surface area contributed by atoms with E-state index in [-0.39, 0.29) is 22.1 Å². The van der Waals surface area contributed by atoms with E-state index in [1.807, 2.05) is 51.1 Å². The molecule has 1 heterocycles. The molecular weight excluding hydrogens is 584 g/mol. The molecule has 1 N–H and O–H groups in total. The van der Waals surface area contributed by atoms with Crippen molar-refractivity contribution in [1.82, 2.24) is 9.99 Å². The Hall–Kier alpha value is -4.97. The number of aromatic nitrogens is 1. The van der Waals surface area contributed by atoms with Gasteiger partial charge < -0.3 is 23.5 Å². The lowest BCUT2D eigenvalue weighted by atomic mass is 10.2. The standard InChI is InChI=1S/C32H36N4O7S/c1-21-10-8-9-11-27(21)36-22(2)16-24(23(36)3)19-33-34-32(37)20-35(28-17-25(40-4)12-14-29(28)41-5)44(38,39)26-13-15-30(42-6)31(18-26)43-7/h8-19H,20H2,1-7H3,(H,34,37)/b33-19-. The molecule has 0 fully saturated rings. The van der Waals surface area contributed by atoms with Crippen LogP contribution in [0, 0.1) is 20.8 Å². The molecule has 0 atom stereocenters. The first-order valence-corrected chi connectivity index (χ1v) is 15.0. The third kappa shape index (κ3) is 6.50. The highest BCUT2D eigenvalue weighted by molar-refractivity contribution is 7.92. The molecule has 0 bridgehead atoms. The van der Waals surface area contributed by atoms with E-state index in [9.17, 15) is 13.2 Å². The van der Waals surface area contributed by atoms with E-state index >= 15 is 0 Å². The van der Waals surface area contributed by atoms with Crippen molar-refractivity contribution >= 4 is 27.8 Å². The SMILES string of the molecule is COc1ccc(OC)c(N(CC(=O)N/N=C\c2cc(C)n(-c3ccccc3C)c2C)S(=O)(=O)c2ccc(OC)c(OC)c2)c1. The number of rotatable bonds is 12. The van der Waals surface area contributed by atoms with E-state index in [1.165, 1.54) is 58.9 Å². The molecule has 11 nitrogen and oxygen atoms in total. The minimum atomic E-state index is -4.34. The van der Waals surface area contributed by atoms with Crippen LogP contribution in [0.4, 0.5) is 5.69 Å². The van der Waals surface area contributed by atoms with Crippen LogP contribution >= 0.6 is 0 Å². The van der Waals surface area contributed by atoms with Crippen LogP contribution in [0.1, 0.15) is 22.5 Å². The van der Waals surface area contributed by atoms with E-state index in [4.69, 9.17) is 18.9 Å². The van der Waals surface area contributed by atoms with Crippen molar-refractivity contribution < 1.29 is 32.2 Å². The Bertz CT molecular complexity index is 1800. The number of methoxy groups -OCH3 is 4. The lowest BCUT2D eigenvalue weighted by molar-refractivity contribution is -0.119. The zero-order valence-corrected chi connectivity index (χ0v) is 26.6. The molecule has 44 heavy (non-hydrogen) atoms. The summed E-state index contributed by atoms with van der Waals surface area (Å²) in [5, 5.41) is 4.15. The fraction of sp³-hybridized carbons (Fsp3) is 0.250. The van der Waals surface area contributed by atoms with Crippen molar-refractivity contribution in [2.75, 3.05) is 39.3 Å². The molecule has 12 heteroatoms. The minimum Gasteiger partial charge on any atom is -0.497 e. The summed E-state index contributed by atoms with van der Waals surface area (Å²) in [6, 6.07) is 18.9. The fourth-order valence-electron chi connectivity index (χ4n) is 4.84. The number of carbonyl (C=O) groups excluding carboxylic acids is 1. The highest BCUT2D eigenvalue weighted by atomic mass is 32.2. The molecular formula is C32H36N4O7S. The summed E-state index contributed by atoms with van der Waals surface area (Å²) >= 11 is 0. The summed E-state index contributed by atoms with van der Waals surface area (Å²) in [5.41, 5.74) is 7.48. The van der Waals surface area contributed by atoms with Crippen molar-refractivity contribution in [3.8, 4) is 28.7 Å². The van der Waals surface area contributed by atoms with Crippen molar-refractivity contribution in [3.05, 3.63) is 89.2 Å². The molecule has 3 aromatic carbocycles. The lowest BCUT2D eigenvalue weighted by Gasteiger charge is -2.26. The van der Waals surface area contributed by atoms with Gasteiger partial charge in [-0.1, -0.05) is 18.2 Å². The Morgan fingerprint density at radius 3 is 2.20 bits per heavy atom. The van der Waals surface area contributed by atoms with Gasteiger partial charge in [-0.2, -0.15) is 5.10 Å². The number of para-hydroxylation sites is 1. The zero-order chi connectivity index (χ0) is 32.0. The molecule has 4 aromatic rings. The van der Waals surface area contributed by atoms with E-state index in [2.05, 4.69) is 15.1 Å². The van der Waals surface area contributed by atoms with Gasteiger partial charge >= 0.3 is 0 Å². The maximum Gasteiger partial charge on any atom is 0.265 e. The number of nitrogens with one attached hydrogen (secondary N) is 1. The van der Waals surface area contributed by atoms with Gasteiger partial charge in [0.05, 0.1) is 45.2 Å². The minimum absolute atomic E-state index is 0.0996. The van der Waals surface area contributed by atoms with Crippen LogP contribution in [-0.2, 0) is 14.8 Å². The maximum atomic E-state index is 14.1. The van der Waals surface area contributed by atoms with Crippen LogP contribution in [0.25, 0.3) is 5.69 Å². The molecule has 0 aliphatic rings. The first-order chi connectivity index (χ1) is 21.0. The zero-order valence-electron chi connectivity index (χ0n) is 25.7. The van der Waals surface area contributed by atoms with Gasteiger partial charge in [0.25, 0.3) is 15.9 Å². The van der Waals surface area contributed by atoms with Crippen molar-refractivity contribution in [2.45, 2.75) is 25.7 Å². The predicted molar refractivity (Wildman–Crippen MR) is 169 cm³/mol. The Labute approximate surface area is 257 Å². The average molecular weight is 621 g/mol. The van der Waals surface area contributed by atoms with Crippen LogP contribution in [0.5, 0.6) is 23.0 Å². The number of hydrogen-bond acceptors (Lipinski definition) is 8. The summed E-state index contributed by atoms with van der Waals surface area (Å²) in [6.07, 6.45) is 1.54. The molecule has 0 spiro atoms. The fourth-order valence-corrected chi connectivity index (χ4v) is 6.28. The second-order valence-electron chi connectivity index (χ2n) is 9.81. The molecule has 0 aliphatic carbocycles. The Kier molecular flexibility index (Phi) is 9.84. The molecule has 0 saturated carbocycles. The monoisotopic (exact) mass is 620 g/mol. The van der Waals surface area contributed by atoms with E-state index in [0.29, 0.717) is 11.5 Å². The van der Waals surface area contributed by atoms with Gasteiger partial charge in [0.15, 0.2) is 11.5 Å². The van der Waals surface area contributed by atoms with Gasteiger partial charge in [0.2, 0.25) is 0 Å². The normalized spacial score (nSPS) is 11.3. The van der Waals surface area contributed by atoms with Crippen LogP contribution in [0.3, 0.4) is 0 Å². The first kappa shape index (κ1) is 32.0. The molecule has 0 unspecified atom stereocenters. The summed E-state index contributed by atoms with van der Waals surface area (Å²) < 4.78 is 52.5. The largest absolute Gasteiger partial charge is 0.497 e. The number of hydrazone groups is 1. The molecule has 232 valence electrons. The Morgan fingerprint density at radius 1 is 0.864 bits per heavy atom. The van der Waals surface area contributed by atoms with Crippen LogP contribution in [-0.4, -0.2) is 60.1 Å². The molecule has 1 aromatic heterocycles. The second-order valence-corrected chi connectivity index (χ2v) is 11.7. The topological polar surface area (TPSA) is 121 Å². The molecule has 4 rings (SSSR count). The number of anilines is 1. The van der Waals surface area contributed by atoms with Crippen LogP contribution in [0.2, 0.25) is 0 Å². The number of nitrogens with zero attached hydrogens (tertiary/aromatic N) is 3. The predicted octanol–water partition coefficient (Wildman–Crippen LogP) is 4.78. The smallest absolute Gasteiger partial charge is 0.265 e. The van der Waals surface area contributed by atoms with Gasteiger partial charge in [0, 0.05) is 34.8 Å². The molecule has 0 aliphatic heterocycles. The highest BCUT2D eigenvalue weighted by Gasteiger charge is 2.31. The Balaban J connectivity index is 1.66. The third-order valence-electron chi connectivity index (χ3n) is 7.10. The molecule has 0 radical (unpaired) electrons. The van der Waals surface area contributed by atoms with Gasteiger partial charge in [-0.15, -0.1) is 0 Å². The van der Waals surface area contributed by atoms with E-state index < -0.39 is 22.5 Å². The number of benzene rings is 3. The summed E-state index contributed by atoms with van der Waals surface area (Å²) in [7, 11) is 1.38. The molecule has 1 amide bonds. The summed E-state index contributed by atoms with van der Waals surface area (Å²) in [4.78, 5) is 13.1. The number of aryl methyl sites for hydroxylation is 2. The Morgan fingerprint density at radius 2 is 1.55 bits per heavy atom. The number of hydrogen-bond donors (Lipinski definition) is 1. The quantitative estimate of drug-likeness (QED) is 0.179.